The number of hydrogen-bond acceptors (Lipinski definition) is 4. The van der Waals surface area contributed by atoms with Crippen LogP contribution in [0.5, 0.6) is 0 Å². The summed E-state index contributed by atoms with van der Waals surface area (Å²) in [5, 5.41) is 5.73. The number of carbonyl (C=O) groups excluding carboxylic acids is 2. The summed E-state index contributed by atoms with van der Waals surface area (Å²) in [6, 6.07) is 13.1. The van der Waals surface area contributed by atoms with Crippen molar-refractivity contribution in [1.29, 1.82) is 0 Å². The van der Waals surface area contributed by atoms with Crippen molar-refractivity contribution < 1.29 is 9.59 Å². The quantitative estimate of drug-likeness (QED) is 0.671. The summed E-state index contributed by atoms with van der Waals surface area (Å²) in [4.78, 5) is 31.0. The lowest BCUT2D eigenvalue weighted by Crippen LogP contribution is -2.30. The molecule has 30 heavy (non-hydrogen) atoms. The summed E-state index contributed by atoms with van der Waals surface area (Å²) in [7, 11) is 0. The molecule has 6 nitrogen and oxygen atoms in total. The number of benzene rings is 2. The van der Waals surface area contributed by atoms with Crippen LogP contribution >= 0.6 is 11.8 Å². The summed E-state index contributed by atoms with van der Waals surface area (Å²) < 4.78 is 0. The van der Waals surface area contributed by atoms with Crippen LogP contribution in [0, 0.1) is 0 Å². The van der Waals surface area contributed by atoms with Crippen LogP contribution in [0.15, 0.2) is 47.4 Å². The molecule has 0 saturated carbocycles. The smallest absolute Gasteiger partial charge is 0.323 e. The van der Waals surface area contributed by atoms with Gasteiger partial charge >= 0.3 is 6.03 Å². The fourth-order valence-electron chi connectivity index (χ4n) is 4.08. The molecule has 2 saturated heterocycles. The molecule has 2 heterocycles. The van der Waals surface area contributed by atoms with Crippen molar-refractivity contribution in [3.8, 4) is 0 Å². The molecule has 4 rings (SSSR count). The van der Waals surface area contributed by atoms with Gasteiger partial charge < -0.3 is 20.4 Å². The average molecular weight is 425 g/mol. The van der Waals surface area contributed by atoms with E-state index in [9.17, 15) is 9.59 Å². The Balaban J connectivity index is 1.51. The maximum Gasteiger partial charge on any atom is 0.323 e. The number of hydrogen-bond donors (Lipinski definition) is 2. The summed E-state index contributed by atoms with van der Waals surface area (Å²) >= 11 is 1.66. The summed E-state index contributed by atoms with van der Waals surface area (Å²) in [6.45, 7) is 3.56. The van der Waals surface area contributed by atoms with Gasteiger partial charge in [-0.1, -0.05) is 0 Å². The van der Waals surface area contributed by atoms with Crippen LogP contribution < -0.4 is 15.5 Å². The highest BCUT2D eigenvalue weighted by Gasteiger charge is 2.25. The lowest BCUT2D eigenvalue weighted by molar-refractivity contribution is 0.0793. The fraction of sp³-hybridized carbons (Fsp3) is 0.391. The number of nitrogens with one attached hydrogen (secondary N) is 2. The van der Waals surface area contributed by atoms with E-state index < -0.39 is 0 Å². The van der Waals surface area contributed by atoms with Crippen molar-refractivity contribution in [2.45, 2.75) is 30.6 Å². The number of urea groups is 1. The van der Waals surface area contributed by atoms with E-state index in [4.69, 9.17) is 0 Å². The molecule has 0 radical (unpaired) electrons. The van der Waals surface area contributed by atoms with E-state index in [0.717, 1.165) is 68.1 Å². The van der Waals surface area contributed by atoms with E-state index in [-0.39, 0.29) is 11.9 Å². The molecule has 2 aliphatic rings. The maximum absolute atomic E-state index is 13.2. The van der Waals surface area contributed by atoms with Crippen molar-refractivity contribution in [3.05, 3.63) is 48.0 Å². The van der Waals surface area contributed by atoms with Crippen LogP contribution in [-0.4, -0.2) is 49.3 Å². The van der Waals surface area contributed by atoms with Gasteiger partial charge in [0.1, 0.15) is 0 Å². The first kappa shape index (κ1) is 20.6. The Kier molecular flexibility index (Phi) is 6.47. The average Bonchev–Trinajstić information content (AvgIpc) is 3.48. The molecule has 158 valence electrons. The van der Waals surface area contributed by atoms with Gasteiger partial charge in [0.15, 0.2) is 0 Å². The zero-order chi connectivity index (χ0) is 20.9. The Bertz CT molecular complexity index is 904. The maximum atomic E-state index is 13.2. The molecular weight excluding hydrogens is 396 g/mol. The van der Waals surface area contributed by atoms with Crippen LogP contribution in [0.4, 0.5) is 21.9 Å². The van der Waals surface area contributed by atoms with Gasteiger partial charge in [-0.3, -0.25) is 4.79 Å². The van der Waals surface area contributed by atoms with E-state index in [1.165, 1.54) is 0 Å². The first-order valence-electron chi connectivity index (χ1n) is 10.5. The highest BCUT2D eigenvalue weighted by atomic mass is 32.2. The number of amides is 3. The van der Waals surface area contributed by atoms with E-state index in [0.29, 0.717) is 11.3 Å². The molecule has 2 N–H and O–H groups in total. The van der Waals surface area contributed by atoms with Gasteiger partial charge in [0.2, 0.25) is 0 Å². The van der Waals surface area contributed by atoms with Crippen molar-refractivity contribution in [2.24, 2.45) is 0 Å². The predicted molar refractivity (Wildman–Crippen MR) is 124 cm³/mol. The third-order valence-corrected chi connectivity index (χ3v) is 6.42. The third-order valence-electron chi connectivity index (χ3n) is 5.67. The van der Waals surface area contributed by atoms with Crippen LogP contribution in [-0.2, 0) is 0 Å². The molecule has 2 aromatic rings. The molecule has 0 unspecified atom stereocenters. The standard InChI is InChI=1S/C23H28N4O2S/c1-30-19-9-6-17(7-10-19)24-23(29)25-18-8-11-21(26-12-2-3-13-26)20(16-18)22(28)27-14-4-5-15-27/h6-11,16H,2-5,12-15H2,1H3,(H2,24,25,29). The van der Waals surface area contributed by atoms with Gasteiger partial charge in [0, 0.05) is 48.1 Å². The molecule has 3 amide bonds. The minimum Gasteiger partial charge on any atom is -0.371 e. The Hall–Kier alpha value is -2.67. The van der Waals surface area contributed by atoms with Gasteiger partial charge in [-0.25, -0.2) is 4.79 Å². The van der Waals surface area contributed by atoms with E-state index in [2.05, 4.69) is 15.5 Å². The van der Waals surface area contributed by atoms with Crippen molar-refractivity contribution in [3.63, 3.8) is 0 Å². The van der Waals surface area contributed by atoms with Gasteiger partial charge in [-0.15, -0.1) is 11.8 Å². The normalized spacial score (nSPS) is 16.0. The Morgan fingerprint density at radius 2 is 1.43 bits per heavy atom. The monoisotopic (exact) mass is 424 g/mol. The lowest BCUT2D eigenvalue weighted by atomic mass is 10.1. The second-order valence-corrected chi connectivity index (χ2v) is 8.61. The number of thioether (sulfide) groups is 1. The first-order valence-corrected chi connectivity index (χ1v) is 11.8. The van der Waals surface area contributed by atoms with Gasteiger partial charge in [-0.05, 0) is 74.4 Å². The number of rotatable bonds is 5. The second-order valence-electron chi connectivity index (χ2n) is 7.73. The second kappa shape index (κ2) is 9.43. The topological polar surface area (TPSA) is 64.7 Å². The van der Waals surface area contributed by atoms with Gasteiger partial charge in [-0.2, -0.15) is 0 Å². The Morgan fingerprint density at radius 3 is 2.10 bits per heavy atom. The number of anilines is 3. The first-order chi connectivity index (χ1) is 14.6. The molecule has 2 aliphatic heterocycles. The van der Waals surface area contributed by atoms with E-state index >= 15 is 0 Å². The third kappa shape index (κ3) is 4.73. The Morgan fingerprint density at radius 1 is 0.833 bits per heavy atom. The van der Waals surface area contributed by atoms with Gasteiger partial charge in [0.25, 0.3) is 5.91 Å². The SMILES string of the molecule is CSc1ccc(NC(=O)Nc2ccc(N3CCCC3)c(C(=O)N3CCCC3)c2)cc1. The van der Waals surface area contributed by atoms with Crippen LogP contribution in [0.3, 0.4) is 0 Å². The van der Waals surface area contributed by atoms with Crippen molar-refractivity contribution >= 4 is 40.8 Å². The predicted octanol–water partition coefficient (Wildman–Crippen LogP) is 4.89. The van der Waals surface area contributed by atoms with Crippen LogP contribution in [0.25, 0.3) is 0 Å². The number of nitrogens with zero attached hydrogens (tertiary/aromatic N) is 2. The molecule has 2 fully saturated rings. The summed E-state index contributed by atoms with van der Waals surface area (Å²) in [6.07, 6.45) is 6.42. The molecule has 2 aromatic carbocycles. The molecule has 0 spiro atoms. The summed E-state index contributed by atoms with van der Waals surface area (Å²) in [5.74, 6) is 0.0612. The molecule has 0 atom stereocenters. The van der Waals surface area contributed by atoms with Crippen LogP contribution in [0.2, 0.25) is 0 Å². The lowest BCUT2D eigenvalue weighted by Gasteiger charge is -2.24. The van der Waals surface area contributed by atoms with Crippen molar-refractivity contribution in [1.82, 2.24) is 4.90 Å². The molecule has 0 aromatic heterocycles. The minimum absolute atomic E-state index is 0.0612. The van der Waals surface area contributed by atoms with Crippen LogP contribution in [0.1, 0.15) is 36.0 Å². The molecular formula is C23H28N4O2S. The fourth-order valence-corrected chi connectivity index (χ4v) is 4.49. The van der Waals surface area contributed by atoms with Gasteiger partial charge in [0.05, 0.1) is 5.56 Å². The minimum atomic E-state index is -0.319. The zero-order valence-corrected chi connectivity index (χ0v) is 18.1. The Labute approximate surface area is 182 Å². The molecule has 7 heteroatoms. The molecule has 0 aliphatic carbocycles. The summed E-state index contributed by atoms with van der Waals surface area (Å²) in [5.41, 5.74) is 3.01. The number of carbonyl (C=O) groups is 2. The number of likely N-dealkylation sites (tertiary alicyclic amines) is 1. The largest absolute Gasteiger partial charge is 0.371 e. The zero-order valence-electron chi connectivity index (χ0n) is 17.3. The van der Waals surface area contributed by atoms with E-state index in [1.807, 2.05) is 53.6 Å². The highest BCUT2D eigenvalue weighted by molar-refractivity contribution is 7.98. The van der Waals surface area contributed by atoms with Crippen molar-refractivity contribution in [2.75, 3.05) is 48.0 Å². The highest BCUT2D eigenvalue weighted by Crippen LogP contribution is 2.29. The molecule has 0 bridgehead atoms. The van der Waals surface area contributed by atoms with E-state index in [1.54, 1.807) is 11.8 Å².